The number of methoxy groups -OCH3 is 1. The molecule has 0 saturated carbocycles. The minimum atomic E-state index is -4.97. The largest absolute Gasteiger partial charge is 0.495 e. The zero-order chi connectivity index (χ0) is 35.5. The van der Waals surface area contributed by atoms with Gasteiger partial charge >= 0.3 is 13.9 Å². The summed E-state index contributed by atoms with van der Waals surface area (Å²) in [6.45, 7) is 0.664. The van der Waals surface area contributed by atoms with E-state index in [-0.39, 0.29) is 40.3 Å². The van der Waals surface area contributed by atoms with Gasteiger partial charge < -0.3 is 19.3 Å². The summed E-state index contributed by atoms with van der Waals surface area (Å²) in [6.07, 6.45) is 1.61. The van der Waals surface area contributed by atoms with Crippen molar-refractivity contribution in [3.8, 4) is 16.9 Å². The predicted molar refractivity (Wildman–Crippen MR) is 175 cm³/mol. The van der Waals surface area contributed by atoms with E-state index < -0.39 is 36.5 Å². The van der Waals surface area contributed by atoms with Crippen molar-refractivity contribution in [3.63, 3.8) is 0 Å². The van der Waals surface area contributed by atoms with Crippen LogP contribution in [-0.4, -0.2) is 64.8 Å². The molecule has 2 heterocycles. The first kappa shape index (κ1) is 35.3. The van der Waals surface area contributed by atoms with E-state index in [1.807, 2.05) is 24.3 Å². The fraction of sp³-hybridized carbons (Fsp3) is 0.188. The molecule has 2 N–H and O–H groups in total. The molecule has 0 bridgehead atoms. The standard InChI is InChI=1S/C32H30FN4O10PS/c1-20(22-8-11-25(33)12-9-22)28(38)16-21-4-6-23(7-5-21)24-10-15-30-34-31(35-36(30)18-24)37(32(39)46-19-47-48(40,41)42)27-14-13-26(49(3,43)44)17-29(27)45-2/h4-15,17-18,20H,16,19H2,1-3H3,(H2,40,41,42)/t20-/m1/s1. The van der Waals surface area contributed by atoms with Crippen molar-refractivity contribution in [2.45, 2.75) is 24.2 Å². The summed E-state index contributed by atoms with van der Waals surface area (Å²) in [7, 11) is -7.38. The van der Waals surface area contributed by atoms with Crippen LogP contribution in [0.2, 0.25) is 0 Å². The van der Waals surface area contributed by atoms with Gasteiger partial charge in [0.1, 0.15) is 17.3 Å². The number of rotatable bonds is 12. The molecule has 256 valence electrons. The van der Waals surface area contributed by atoms with Gasteiger partial charge in [0.15, 0.2) is 15.5 Å². The maximum absolute atomic E-state index is 13.3. The van der Waals surface area contributed by atoms with Crippen LogP contribution in [0.15, 0.2) is 90.0 Å². The van der Waals surface area contributed by atoms with Gasteiger partial charge in [0.05, 0.1) is 17.7 Å². The first-order chi connectivity index (χ1) is 23.1. The SMILES string of the molecule is COc1cc(S(C)(=O)=O)ccc1N(C(=O)OCOP(=O)(O)O)c1nc2ccc(-c3ccc(CC(=O)[C@H](C)c4ccc(F)cc4)cc3)cn2n1. The number of sulfone groups is 1. The number of nitrogens with zero attached hydrogens (tertiary/aromatic N) is 4. The van der Waals surface area contributed by atoms with Crippen molar-refractivity contribution >= 4 is 46.8 Å². The molecule has 0 fully saturated rings. The van der Waals surface area contributed by atoms with E-state index in [0.29, 0.717) is 11.2 Å². The zero-order valence-corrected chi connectivity index (χ0v) is 28.0. The number of aromatic nitrogens is 3. The highest BCUT2D eigenvalue weighted by Crippen LogP contribution is 2.37. The van der Waals surface area contributed by atoms with Crippen LogP contribution in [0.3, 0.4) is 0 Å². The van der Waals surface area contributed by atoms with Crippen molar-refractivity contribution in [1.29, 1.82) is 0 Å². The van der Waals surface area contributed by atoms with E-state index in [0.717, 1.165) is 27.8 Å². The van der Waals surface area contributed by atoms with Crippen LogP contribution >= 0.6 is 7.82 Å². The van der Waals surface area contributed by atoms with Gasteiger partial charge in [-0.2, -0.15) is 4.98 Å². The lowest BCUT2D eigenvalue weighted by molar-refractivity contribution is -0.119. The summed E-state index contributed by atoms with van der Waals surface area (Å²) in [6, 6.07) is 20.3. The molecule has 14 nitrogen and oxygen atoms in total. The van der Waals surface area contributed by atoms with Gasteiger partial charge in [0.25, 0.3) is 5.95 Å². The van der Waals surface area contributed by atoms with Gasteiger partial charge in [-0.1, -0.05) is 43.3 Å². The second kappa shape index (κ2) is 14.2. The van der Waals surface area contributed by atoms with Crippen LogP contribution in [0.5, 0.6) is 5.75 Å². The quantitative estimate of drug-likeness (QED) is 0.127. The van der Waals surface area contributed by atoms with Crippen LogP contribution in [0.1, 0.15) is 24.0 Å². The molecule has 3 aromatic carbocycles. The van der Waals surface area contributed by atoms with Gasteiger partial charge in [0.2, 0.25) is 6.79 Å². The van der Waals surface area contributed by atoms with Crippen molar-refractivity contribution in [1.82, 2.24) is 14.6 Å². The molecule has 0 unspecified atom stereocenters. The van der Waals surface area contributed by atoms with Crippen LogP contribution < -0.4 is 9.64 Å². The van der Waals surface area contributed by atoms with Gasteiger partial charge in [0, 0.05) is 36.4 Å². The number of carbonyl (C=O) groups is 2. The van der Waals surface area contributed by atoms with Gasteiger partial charge in [-0.3, -0.25) is 4.79 Å². The molecule has 17 heteroatoms. The number of carbonyl (C=O) groups excluding carboxylic acids is 2. The van der Waals surface area contributed by atoms with Crippen LogP contribution in [0, 0.1) is 5.82 Å². The van der Waals surface area contributed by atoms with Gasteiger partial charge in [-0.15, -0.1) is 5.10 Å². The van der Waals surface area contributed by atoms with Crippen molar-refractivity contribution in [3.05, 3.63) is 102 Å². The first-order valence-corrected chi connectivity index (χ1v) is 17.8. The molecule has 0 saturated heterocycles. The average Bonchev–Trinajstić information content (AvgIpc) is 3.47. The fourth-order valence-electron chi connectivity index (χ4n) is 4.81. The van der Waals surface area contributed by atoms with Crippen molar-refractivity contribution in [2.24, 2.45) is 0 Å². The summed E-state index contributed by atoms with van der Waals surface area (Å²) in [4.78, 5) is 49.2. The van der Waals surface area contributed by atoms with Gasteiger partial charge in [-0.25, -0.2) is 36.1 Å². The third-order valence-electron chi connectivity index (χ3n) is 7.44. The molecule has 5 aromatic rings. The summed E-state index contributed by atoms with van der Waals surface area (Å²) < 4.78 is 64.6. The lowest BCUT2D eigenvalue weighted by Gasteiger charge is -2.21. The Morgan fingerprint density at radius 2 is 1.67 bits per heavy atom. The maximum atomic E-state index is 13.3. The minimum Gasteiger partial charge on any atom is -0.495 e. The fourth-order valence-corrected chi connectivity index (χ4v) is 5.64. The Balaban J connectivity index is 1.42. The zero-order valence-electron chi connectivity index (χ0n) is 26.3. The number of ether oxygens (including phenoxy) is 2. The average molecular weight is 713 g/mol. The Kier molecular flexibility index (Phi) is 10.3. The Morgan fingerprint density at radius 3 is 2.31 bits per heavy atom. The van der Waals surface area contributed by atoms with E-state index in [4.69, 9.17) is 19.3 Å². The van der Waals surface area contributed by atoms with E-state index in [9.17, 15) is 27.0 Å². The third-order valence-corrected chi connectivity index (χ3v) is 9.00. The number of pyridine rings is 1. The third kappa shape index (κ3) is 8.54. The molecular weight excluding hydrogens is 682 g/mol. The van der Waals surface area contributed by atoms with Gasteiger partial charge in [-0.05, 0) is 53.1 Å². The molecule has 1 atom stereocenters. The summed E-state index contributed by atoms with van der Waals surface area (Å²) in [5.74, 6) is -1.10. The molecule has 0 radical (unpaired) electrons. The number of anilines is 2. The number of phosphoric acid groups is 1. The molecular formula is C32H30FN4O10PS. The second-order valence-corrected chi connectivity index (χ2v) is 14.1. The Bertz CT molecular complexity index is 2170. The maximum Gasteiger partial charge on any atom is 0.472 e. The molecule has 2 aromatic heterocycles. The van der Waals surface area contributed by atoms with E-state index >= 15 is 0 Å². The highest BCUT2D eigenvalue weighted by molar-refractivity contribution is 7.90. The Hall–Kier alpha value is -4.99. The Morgan fingerprint density at radius 1 is 1.00 bits per heavy atom. The number of amides is 1. The number of hydrogen-bond acceptors (Lipinski definition) is 10. The molecule has 1 amide bonds. The van der Waals surface area contributed by atoms with Crippen LogP contribution in [0.4, 0.5) is 20.8 Å². The summed E-state index contributed by atoms with van der Waals surface area (Å²) >= 11 is 0. The molecule has 0 aliphatic heterocycles. The summed E-state index contributed by atoms with van der Waals surface area (Å²) in [5, 5.41) is 4.40. The number of hydrogen-bond donors (Lipinski definition) is 2. The van der Waals surface area contributed by atoms with E-state index in [1.54, 1.807) is 37.4 Å². The molecule has 0 spiro atoms. The number of Topliss-reactive ketones (excluding diaryl/α,β-unsaturated/α-hetero) is 1. The highest BCUT2D eigenvalue weighted by atomic mass is 32.2. The lowest BCUT2D eigenvalue weighted by atomic mass is 9.92. The van der Waals surface area contributed by atoms with Crippen LogP contribution in [-0.2, 0) is 34.9 Å². The predicted octanol–water partition coefficient (Wildman–Crippen LogP) is 5.20. The molecule has 0 aliphatic rings. The normalized spacial score (nSPS) is 12.4. The monoisotopic (exact) mass is 712 g/mol. The number of benzene rings is 3. The number of fused-ring (bicyclic) bond motifs is 1. The second-order valence-electron chi connectivity index (χ2n) is 10.8. The lowest BCUT2D eigenvalue weighted by Crippen LogP contribution is -2.29. The molecule has 0 aliphatic carbocycles. The van der Waals surface area contributed by atoms with Crippen LogP contribution in [0.25, 0.3) is 16.8 Å². The van der Waals surface area contributed by atoms with Crippen molar-refractivity contribution < 1.29 is 50.7 Å². The minimum absolute atomic E-state index is 0.0186. The number of phosphoric ester groups is 1. The van der Waals surface area contributed by atoms with E-state index in [1.165, 1.54) is 42.0 Å². The number of ketones is 1. The number of halogens is 1. The molecule has 49 heavy (non-hydrogen) atoms. The Labute approximate surface area is 279 Å². The summed E-state index contributed by atoms with van der Waals surface area (Å²) in [5.41, 5.74) is 3.28. The molecule has 5 rings (SSSR count). The highest BCUT2D eigenvalue weighted by Gasteiger charge is 2.29. The van der Waals surface area contributed by atoms with Crippen molar-refractivity contribution in [2.75, 3.05) is 25.1 Å². The smallest absolute Gasteiger partial charge is 0.472 e. The topological polar surface area (TPSA) is 187 Å². The first-order valence-electron chi connectivity index (χ1n) is 14.4. The van der Waals surface area contributed by atoms with E-state index in [2.05, 4.69) is 14.6 Å².